The minimum atomic E-state index is 0.0425. The molecule has 0 aliphatic carbocycles. The molecule has 3 aromatic rings. The molecule has 0 saturated heterocycles. The topological polar surface area (TPSA) is 92.4 Å². The van der Waals surface area contributed by atoms with E-state index < -0.39 is 0 Å². The Morgan fingerprint density at radius 1 is 0.800 bits per heavy atom. The number of carbonyl (C=O) groups is 2. The second kappa shape index (κ2) is 15.2. The number of nitrogens with one attached hydrogen (secondary N) is 1. The van der Waals surface area contributed by atoms with Crippen molar-refractivity contribution in [3.8, 4) is 5.75 Å². The van der Waals surface area contributed by atoms with E-state index >= 15 is 0 Å². The lowest BCUT2D eigenvalue weighted by Gasteiger charge is -2.17. The van der Waals surface area contributed by atoms with Gasteiger partial charge >= 0.3 is 0 Å². The number of aryl methyl sites for hydroxylation is 1. The van der Waals surface area contributed by atoms with Gasteiger partial charge < -0.3 is 16.2 Å². The number of aromatic hydroxyl groups is 1. The second-order valence-electron chi connectivity index (χ2n) is 11.1. The number of rotatable bonds is 14. The lowest BCUT2D eigenvalue weighted by molar-refractivity contribution is -0.121. The van der Waals surface area contributed by atoms with E-state index in [2.05, 4.69) is 45.1 Å². The van der Waals surface area contributed by atoms with Gasteiger partial charge in [-0.15, -0.1) is 0 Å². The summed E-state index contributed by atoms with van der Waals surface area (Å²) in [5.74, 6) is 1.08. The van der Waals surface area contributed by atoms with Crippen molar-refractivity contribution in [2.75, 3.05) is 6.54 Å². The lowest BCUT2D eigenvalue weighted by atomic mass is 9.90. The van der Waals surface area contributed by atoms with Crippen LogP contribution in [0.25, 0.3) is 12.2 Å². The first-order valence-corrected chi connectivity index (χ1v) is 14.4. The van der Waals surface area contributed by atoms with Gasteiger partial charge in [0.2, 0.25) is 5.91 Å². The van der Waals surface area contributed by atoms with E-state index in [0.29, 0.717) is 38.1 Å². The Labute approximate surface area is 239 Å². The van der Waals surface area contributed by atoms with Crippen molar-refractivity contribution in [1.29, 1.82) is 0 Å². The maximum atomic E-state index is 12.5. The van der Waals surface area contributed by atoms with Crippen molar-refractivity contribution < 1.29 is 14.7 Å². The highest BCUT2D eigenvalue weighted by Crippen LogP contribution is 2.35. The Morgan fingerprint density at radius 3 is 1.88 bits per heavy atom. The Balaban J connectivity index is 1.45. The van der Waals surface area contributed by atoms with Crippen molar-refractivity contribution >= 4 is 23.8 Å². The molecule has 0 saturated carbocycles. The van der Waals surface area contributed by atoms with Gasteiger partial charge in [-0.05, 0) is 71.0 Å². The molecule has 0 radical (unpaired) electrons. The molecule has 0 aliphatic heterocycles. The number of Topliss-reactive ketones (excluding diaryl/α,β-unsaturated/α-hetero) is 1. The standard InChI is InChI=1S/C35H44N2O3/c1-24(2)31-21-29(22-32(25(3)4)35(31)40)7-5-9-34(39)37-23-28-14-12-26(13-15-28)10-11-27-16-18-30(19-17-27)33(38)8-6-20-36/h10-19,21-22,24-25,40H,5-9,20,23,36H2,1-4H3,(H,37,39)/b11-10-. The first-order valence-electron chi connectivity index (χ1n) is 14.4. The summed E-state index contributed by atoms with van der Waals surface area (Å²) in [7, 11) is 0. The molecule has 0 aliphatic rings. The van der Waals surface area contributed by atoms with Gasteiger partial charge in [0.25, 0.3) is 0 Å². The van der Waals surface area contributed by atoms with E-state index in [9.17, 15) is 14.7 Å². The fourth-order valence-electron chi connectivity index (χ4n) is 4.64. The number of carbonyl (C=O) groups excluding carboxylic acids is 2. The number of phenols is 1. The molecule has 3 rings (SSSR count). The van der Waals surface area contributed by atoms with Crippen molar-refractivity contribution in [3.05, 3.63) is 99.6 Å². The number of ketones is 1. The van der Waals surface area contributed by atoms with E-state index in [1.54, 1.807) is 0 Å². The fraction of sp³-hybridized carbons (Fsp3) is 0.371. The van der Waals surface area contributed by atoms with Crippen LogP contribution < -0.4 is 11.1 Å². The van der Waals surface area contributed by atoms with Gasteiger partial charge in [-0.25, -0.2) is 0 Å². The van der Waals surface area contributed by atoms with Gasteiger partial charge in [-0.2, -0.15) is 0 Å². The van der Waals surface area contributed by atoms with Gasteiger partial charge in [0.05, 0.1) is 0 Å². The molecule has 212 valence electrons. The molecule has 0 fully saturated rings. The highest BCUT2D eigenvalue weighted by molar-refractivity contribution is 5.96. The first-order chi connectivity index (χ1) is 19.2. The molecule has 0 spiro atoms. The molecule has 0 aromatic heterocycles. The molecular formula is C35H44N2O3. The average Bonchev–Trinajstić information content (AvgIpc) is 2.94. The number of phenolic OH excluding ortho intramolecular Hbond substituents is 1. The molecule has 4 N–H and O–H groups in total. The maximum absolute atomic E-state index is 12.5. The largest absolute Gasteiger partial charge is 0.507 e. The molecule has 0 atom stereocenters. The Hall–Kier alpha value is -3.70. The summed E-state index contributed by atoms with van der Waals surface area (Å²) >= 11 is 0. The highest BCUT2D eigenvalue weighted by atomic mass is 16.3. The zero-order chi connectivity index (χ0) is 29.1. The summed E-state index contributed by atoms with van der Waals surface area (Å²) in [5.41, 5.74) is 12.5. The number of amides is 1. The van der Waals surface area contributed by atoms with E-state index in [-0.39, 0.29) is 23.5 Å². The van der Waals surface area contributed by atoms with Crippen LogP contribution in [0.15, 0.2) is 60.7 Å². The summed E-state index contributed by atoms with van der Waals surface area (Å²) in [6, 6.07) is 19.9. The van der Waals surface area contributed by atoms with Crippen molar-refractivity contribution in [3.63, 3.8) is 0 Å². The summed E-state index contributed by atoms with van der Waals surface area (Å²) in [6.45, 7) is 9.39. The third-order valence-electron chi connectivity index (χ3n) is 7.12. The van der Waals surface area contributed by atoms with Crippen LogP contribution in [-0.4, -0.2) is 23.3 Å². The fourth-order valence-corrected chi connectivity index (χ4v) is 4.64. The summed E-state index contributed by atoms with van der Waals surface area (Å²) in [5, 5.41) is 13.6. The van der Waals surface area contributed by atoms with Gasteiger partial charge in [-0.3, -0.25) is 9.59 Å². The van der Waals surface area contributed by atoms with Crippen molar-refractivity contribution in [2.24, 2.45) is 5.73 Å². The van der Waals surface area contributed by atoms with Crippen LogP contribution in [0.5, 0.6) is 5.75 Å². The predicted octanol–water partition coefficient (Wildman–Crippen LogP) is 7.37. The van der Waals surface area contributed by atoms with Gasteiger partial charge in [-0.1, -0.05) is 101 Å². The van der Waals surface area contributed by atoms with E-state index in [1.807, 2.05) is 60.7 Å². The third-order valence-corrected chi connectivity index (χ3v) is 7.12. The van der Waals surface area contributed by atoms with Gasteiger partial charge in [0.15, 0.2) is 5.78 Å². The maximum Gasteiger partial charge on any atom is 0.220 e. The van der Waals surface area contributed by atoms with Gasteiger partial charge in [0.1, 0.15) is 5.75 Å². The molecule has 0 unspecified atom stereocenters. The molecule has 3 aromatic carbocycles. The number of benzene rings is 3. The lowest BCUT2D eigenvalue weighted by Crippen LogP contribution is -2.22. The van der Waals surface area contributed by atoms with Crippen LogP contribution in [0.4, 0.5) is 0 Å². The summed E-state index contributed by atoms with van der Waals surface area (Å²) in [4.78, 5) is 24.6. The quantitative estimate of drug-likeness (QED) is 0.147. The van der Waals surface area contributed by atoms with Crippen LogP contribution in [0, 0.1) is 0 Å². The average molecular weight is 541 g/mol. The van der Waals surface area contributed by atoms with Crippen LogP contribution in [-0.2, 0) is 17.8 Å². The monoisotopic (exact) mass is 540 g/mol. The van der Waals surface area contributed by atoms with Crippen molar-refractivity contribution in [1.82, 2.24) is 5.32 Å². The SMILES string of the molecule is CC(C)c1cc(CCCC(=O)NCc2ccc(/C=C\c3ccc(C(=O)CCCN)cc3)cc2)cc(C(C)C)c1O. The number of hydrogen-bond acceptors (Lipinski definition) is 4. The van der Waals surface area contributed by atoms with E-state index in [4.69, 9.17) is 5.73 Å². The molecule has 5 nitrogen and oxygen atoms in total. The van der Waals surface area contributed by atoms with Crippen LogP contribution in [0.1, 0.15) is 109 Å². The number of nitrogens with two attached hydrogens (primary N) is 1. The normalized spacial score (nSPS) is 11.5. The summed E-state index contributed by atoms with van der Waals surface area (Å²) in [6.07, 6.45) is 7.28. The minimum absolute atomic E-state index is 0.0425. The minimum Gasteiger partial charge on any atom is -0.507 e. The first kappa shape index (κ1) is 30.8. The Bertz CT molecular complexity index is 1260. The Kier molecular flexibility index (Phi) is 11.7. The molecule has 1 amide bonds. The van der Waals surface area contributed by atoms with E-state index in [0.717, 1.165) is 46.2 Å². The molecular weight excluding hydrogens is 496 g/mol. The van der Waals surface area contributed by atoms with Crippen molar-refractivity contribution in [2.45, 2.75) is 78.2 Å². The van der Waals surface area contributed by atoms with Crippen LogP contribution in [0.3, 0.4) is 0 Å². The molecule has 0 bridgehead atoms. The smallest absolute Gasteiger partial charge is 0.220 e. The molecule has 0 heterocycles. The predicted molar refractivity (Wildman–Crippen MR) is 166 cm³/mol. The second-order valence-corrected chi connectivity index (χ2v) is 11.1. The van der Waals surface area contributed by atoms with Gasteiger partial charge in [0, 0.05) is 24.9 Å². The van der Waals surface area contributed by atoms with E-state index in [1.165, 1.54) is 5.56 Å². The van der Waals surface area contributed by atoms with Crippen LogP contribution in [0.2, 0.25) is 0 Å². The Morgan fingerprint density at radius 2 is 1.35 bits per heavy atom. The zero-order valence-electron chi connectivity index (χ0n) is 24.4. The molecule has 5 heteroatoms. The zero-order valence-corrected chi connectivity index (χ0v) is 24.4. The number of hydrogen-bond donors (Lipinski definition) is 3. The third kappa shape index (κ3) is 9.20. The van der Waals surface area contributed by atoms with Crippen LogP contribution >= 0.6 is 0 Å². The molecule has 40 heavy (non-hydrogen) atoms. The highest BCUT2D eigenvalue weighted by Gasteiger charge is 2.15. The summed E-state index contributed by atoms with van der Waals surface area (Å²) < 4.78 is 0.